The van der Waals surface area contributed by atoms with Crippen molar-refractivity contribution >= 4 is 15.9 Å². The summed E-state index contributed by atoms with van der Waals surface area (Å²) in [5, 5.41) is 3.35. The lowest BCUT2D eigenvalue weighted by molar-refractivity contribution is 0.185. The fraction of sp³-hybridized carbons (Fsp3) is 0.250. The lowest BCUT2D eigenvalue weighted by Crippen LogP contribution is -2.13. The molecule has 20 heavy (non-hydrogen) atoms. The minimum absolute atomic E-state index is 0.229. The van der Waals surface area contributed by atoms with Gasteiger partial charge < -0.3 is 10.1 Å². The molecule has 0 aliphatic carbocycles. The third kappa shape index (κ3) is 4.40. The predicted molar refractivity (Wildman–Crippen MR) is 81.8 cm³/mol. The van der Waals surface area contributed by atoms with Crippen molar-refractivity contribution in [3.8, 4) is 0 Å². The second-order valence-corrected chi connectivity index (χ2v) is 5.45. The standard InChI is InChI=1S/C16H17BrFNO/c1-20-11-13-4-2-3-12(7-13)9-19-10-14-5-6-15(18)8-16(14)17/h2-8,19H,9-11H2,1H3. The summed E-state index contributed by atoms with van der Waals surface area (Å²) in [7, 11) is 1.69. The average Bonchev–Trinajstić information content (AvgIpc) is 2.42. The minimum Gasteiger partial charge on any atom is -0.380 e. The van der Waals surface area contributed by atoms with Gasteiger partial charge in [0.25, 0.3) is 0 Å². The zero-order chi connectivity index (χ0) is 14.4. The second-order valence-electron chi connectivity index (χ2n) is 4.59. The van der Waals surface area contributed by atoms with Crippen LogP contribution in [0, 0.1) is 5.82 Å². The molecule has 0 heterocycles. The van der Waals surface area contributed by atoms with Gasteiger partial charge in [0.2, 0.25) is 0 Å². The molecule has 0 aliphatic heterocycles. The zero-order valence-electron chi connectivity index (χ0n) is 11.3. The Morgan fingerprint density at radius 3 is 2.65 bits per heavy atom. The molecule has 0 radical (unpaired) electrons. The van der Waals surface area contributed by atoms with E-state index in [0.717, 1.165) is 22.1 Å². The Labute approximate surface area is 127 Å². The van der Waals surface area contributed by atoms with E-state index in [0.29, 0.717) is 13.2 Å². The minimum atomic E-state index is -0.229. The van der Waals surface area contributed by atoms with E-state index < -0.39 is 0 Å². The number of benzene rings is 2. The molecule has 0 bridgehead atoms. The monoisotopic (exact) mass is 337 g/mol. The van der Waals surface area contributed by atoms with Crippen LogP contribution >= 0.6 is 15.9 Å². The van der Waals surface area contributed by atoms with E-state index in [2.05, 4.69) is 33.4 Å². The summed E-state index contributed by atoms with van der Waals surface area (Å²) in [5.41, 5.74) is 3.41. The maximum absolute atomic E-state index is 13.0. The van der Waals surface area contributed by atoms with E-state index in [1.165, 1.54) is 17.7 Å². The first-order valence-corrected chi connectivity index (χ1v) is 7.20. The van der Waals surface area contributed by atoms with Crippen LogP contribution in [0.1, 0.15) is 16.7 Å². The van der Waals surface area contributed by atoms with Gasteiger partial charge in [0.15, 0.2) is 0 Å². The van der Waals surface area contributed by atoms with Crippen LogP contribution in [-0.4, -0.2) is 7.11 Å². The first-order chi connectivity index (χ1) is 9.69. The van der Waals surface area contributed by atoms with Gasteiger partial charge in [-0.3, -0.25) is 0 Å². The van der Waals surface area contributed by atoms with Crippen molar-refractivity contribution < 1.29 is 9.13 Å². The van der Waals surface area contributed by atoms with Crippen LogP contribution in [0.15, 0.2) is 46.9 Å². The van der Waals surface area contributed by atoms with Gasteiger partial charge in [-0.25, -0.2) is 4.39 Å². The van der Waals surface area contributed by atoms with Gasteiger partial charge >= 0.3 is 0 Å². The van der Waals surface area contributed by atoms with Gasteiger partial charge in [-0.05, 0) is 28.8 Å². The molecule has 0 saturated heterocycles. The van der Waals surface area contributed by atoms with Gasteiger partial charge in [0.1, 0.15) is 5.82 Å². The van der Waals surface area contributed by atoms with Gasteiger partial charge in [-0.1, -0.05) is 46.3 Å². The molecule has 0 atom stereocenters. The normalized spacial score (nSPS) is 10.8. The van der Waals surface area contributed by atoms with Crippen molar-refractivity contribution in [1.82, 2.24) is 5.32 Å². The highest BCUT2D eigenvalue weighted by Gasteiger charge is 2.02. The third-order valence-electron chi connectivity index (χ3n) is 2.96. The Balaban J connectivity index is 1.90. The van der Waals surface area contributed by atoms with Gasteiger partial charge in [0, 0.05) is 24.7 Å². The highest BCUT2D eigenvalue weighted by molar-refractivity contribution is 9.10. The summed E-state index contributed by atoms with van der Waals surface area (Å²) >= 11 is 3.37. The predicted octanol–water partition coefficient (Wildman–Crippen LogP) is 4.02. The third-order valence-corrected chi connectivity index (χ3v) is 3.70. The van der Waals surface area contributed by atoms with E-state index in [9.17, 15) is 4.39 Å². The van der Waals surface area contributed by atoms with Crippen molar-refractivity contribution in [3.05, 3.63) is 69.4 Å². The Morgan fingerprint density at radius 2 is 1.90 bits per heavy atom. The van der Waals surface area contributed by atoms with Crippen molar-refractivity contribution in [2.45, 2.75) is 19.7 Å². The molecule has 2 aromatic carbocycles. The molecule has 2 nitrogen and oxygen atoms in total. The smallest absolute Gasteiger partial charge is 0.124 e. The van der Waals surface area contributed by atoms with Crippen molar-refractivity contribution in [2.24, 2.45) is 0 Å². The summed E-state index contributed by atoms with van der Waals surface area (Å²) in [5.74, 6) is -0.229. The zero-order valence-corrected chi connectivity index (χ0v) is 12.9. The van der Waals surface area contributed by atoms with Gasteiger partial charge in [-0.15, -0.1) is 0 Å². The maximum atomic E-state index is 13.0. The molecule has 0 fully saturated rings. The van der Waals surface area contributed by atoms with Crippen molar-refractivity contribution in [1.29, 1.82) is 0 Å². The first kappa shape index (κ1) is 15.2. The molecule has 1 N–H and O–H groups in total. The SMILES string of the molecule is COCc1cccc(CNCc2ccc(F)cc2Br)c1. The van der Waals surface area contributed by atoms with Crippen molar-refractivity contribution in [2.75, 3.05) is 7.11 Å². The van der Waals surface area contributed by atoms with E-state index >= 15 is 0 Å². The molecule has 0 unspecified atom stereocenters. The number of rotatable bonds is 6. The largest absolute Gasteiger partial charge is 0.380 e. The second kappa shape index (κ2) is 7.53. The fourth-order valence-corrected chi connectivity index (χ4v) is 2.49. The molecule has 0 aliphatic rings. The number of hydrogen-bond donors (Lipinski definition) is 1. The number of methoxy groups -OCH3 is 1. The number of halogens is 2. The van der Waals surface area contributed by atoms with Gasteiger partial charge in [-0.2, -0.15) is 0 Å². The van der Waals surface area contributed by atoms with Crippen LogP contribution in [0.25, 0.3) is 0 Å². The summed E-state index contributed by atoms with van der Waals surface area (Å²) in [6, 6.07) is 13.0. The Kier molecular flexibility index (Phi) is 5.71. The van der Waals surface area contributed by atoms with Crippen LogP contribution < -0.4 is 5.32 Å². The maximum Gasteiger partial charge on any atom is 0.124 e. The molecule has 0 amide bonds. The topological polar surface area (TPSA) is 21.3 Å². The van der Waals surface area contributed by atoms with E-state index in [4.69, 9.17) is 4.74 Å². The van der Waals surface area contributed by atoms with Crippen molar-refractivity contribution in [3.63, 3.8) is 0 Å². The molecule has 106 valence electrons. The van der Waals surface area contributed by atoms with Crippen LogP contribution in [0.4, 0.5) is 4.39 Å². The number of hydrogen-bond acceptors (Lipinski definition) is 2. The molecular formula is C16H17BrFNO. The summed E-state index contributed by atoms with van der Waals surface area (Å²) in [6.45, 7) is 2.08. The Bertz CT molecular complexity index is 574. The van der Waals surface area contributed by atoms with Crippen LogP contribution in [0.3, 0.4) is 0 Å². The summed E-state index contributed by atoms with van der Waals surface area (Å²) < 4.78 is 18.9. The number of ether oxygens (including phenoxy) is 1. The lowest BCUT2D eigenvalue weighted by Gasteiger charge is -2.08. The van der Waals surface area contributed by atoms with E-state index in [1.54, 1.807) is 13.2 Å². The lowest BCUT2D eigenvalue weighted by atomic mass is 10.1. The fourth-order valence-electron chi connectivity index (χ4n) is 2.00. The van der Waals surface area contributed by atoms with Crippen LogP contribution in [0.5, 0.6) is 0 Å². The van der Waals surface area contributed by atoms with Crippen LogP contribution in [0.2, 0.25) is 0 Å². The quantitative estimate of drug-likeness (QED) is 0.859. The molecular weight excluding hydrogens is 321 g/mol. The van der Waals surface area contributed by atoms with E-state index in [-0.39, 0.29) is 5.82 Å². The molecule has 0 aromatic heterocycles. The average molecular weight is 338 g/mol. The molecule has 2 aromatic rings. The Hall–Kier alpha value is -1.23. The Morgan fingerprint density at radius 1 is 1.10 bits per heavy atom. The molecule has 4 heteroatoms. The summed E-state index contributed by atoms with van der Waals surface area (Å²) in [6.07, 6.45) is 0. The molecule has 0 spiro atoms. The molecule has 2 rings (SSSR count). The van der Waals surface area contributed by atoms with Gasteiger partial charge in [0.05, 0.1) is 6.61 Å². The highest BCUT2D eigenvalue weighted by Crippen LogP contribution is 2.18. The number of nitrogens with one attached hydrogen (secondary N) is 1. The molecule has 0 saturated carbocycles. The highest BCUT2D eigenvalue weighted by atomic mass is 79.9. The van der Waals surface area contributed by atoms with Crippen LogP contribution in [-0.2, 0) is 24.4 Å². The summed E-state index contributed by atoms with van der Waals surface area (Å²) in [4.78, 5) is 0. The van der Waals surface area contributed by atoms with E-state index in [1.807, 2.05) is 12.1 Å². The first-order valence-electron chi connectivity index (χ1n) is 6.40.